The van der Waals surface area contributed by atoms with Gasteiger partial charge in [-0.15, -0.1) is 11.3 Å². The predicted octanol–water partition coefficient (Wildman–Crippen LogP) is 4.42. The van der Waals surface area contributed by atoms with Gasteiger partial charge in [-0.25, -0.2) is 12.7 Å². The Morgan fingerprint density at radius 1 is 1.33 bits per heavy atom. The Balaban J connectivity index is 1.77. The van der Waals surface area contributed by atoms with Crippen LogP contribution >= 0.6 is 11.3 Å². The fraction of sp³-hybridized carbons (Fsp3) is 0.455. The van der Waals surface area contributed by atoms with Gasteiger partial charge in [0.15, 0.2) is 0 Å². The summed E-state index contributed by atoms with van der Waals surface area (Å²) in [5.74, 6) is 0.234. The summed E-state index contributed by atoms with van der Waals surface area (Å²) < 4.78 is 26.6. The number of amides is 1. The molecule has 6 nitrogen and oxygen atoms in total. The molecule has 1 aliphatic rings. The Morgan fingerprint density at radius 2 is 2.03 bits per heavy atom. The molecular formula is C22H27N3O3S2. The molecule has 0 fully saturated rings. The Kier molecular flexibility index (Phi) is 6.96. The number of rotatable bonds is 7. The van der Waals surface area contributed by atoms with Crippen LogP contribution in [-0.4, -0.2) is 32.2 Å². The van der Waals surface area contributed by atoms with Crippen LogP contribution < -0.4 is 5.32 Å². The van der Waals surface area contributed by atoms with E-state index in [4.69, 9.17) is 0 Å². The Bertz CT molecular complexity index is 1070. The second kappa shape index (κ2) is 9.29. The minimum atomic E-state index is -3.57. The van der Waals surface area contributed by atoms with Crippen molar-refractivity contribution in [2.75, 3.05) is 18.9 Å². The van der Waals surface area contributed by atoms with Gasteiger partial charge in [0, 0.05) is 24.0 Å². The number of nitrogens with one attached hydrogen (secondary N) is 1. The summed E-state index contributed by atoms with van der Waals surface area (Å²) >= 11 is 1.48. The highest BCUT2D eigenvalue weighted by molar-refractivity contribution is 7.89. The maximum Gasteiger partial charge on any atom is 0.256 e. The van der Waals surface area contributed by atoms with Crippen molar-refractivity contribution in [3.8, 4) is 6.07 Å². The van der Waals surface area contributed by atoms with Gasteiger partial charge in [-0.1, -0.05) is 20.3 Å². The van der Waals surface area contributed by atoms with Gasteiger partial charge < -0.3 is 5.32 Å². The van der Waals surface area contributed by atoms with Crippen molar-refractivity contribution in [2.24, 2.45) is 5.92 Å². The molecule has 160 valence electrons. The van der Waals surface area contributed by atoms with Gasteiger partial charge in [0.25, 0.3) is 5.91 Å². The van der Waals surface area contributed by atoms with E-state index in [0.717, 1.165) is 37.7 Å². The fourth-order valence-corrected chi connectivity index (χ4v) is 6.16. The Labute approximate surface area is 182 Å². The standard InChI is InChI=1S/C22H27N3O3S2/c1-4-5-12-25(3)30(27,28)17-9-7-16(8-10-17)21(26)24-22-19(14-23)18-11-6-15(2)13-20(18)29-22/h7-10,15H,4-6,11-13H2,1-3H3,(H,24,26). The summed E-state index contributed by atoms with van der Waals surface area (Å²) in [5.41, 5.74) is 1.98. The smallest absolute Gasteiger partial charge is 0.256 e. The van der Waals surface area contributed by atoms with E-state index in [1.54, 1.807) is 7.05 Å². The monoisotopic (exact) mass is 445 g/mol. The number of hydrogen-bond acceptors (Lipinski definition) is 5. The average Bonchev–Trinajstić information content (AvgIpc) is 3.07. The molecule has 1 N–H and O–H groups in total. The maximum atomic E-state index is 12.7. The van der Waals surface area contributed by atoms with Crippen LogP contribution in [0.15, 0.2) is 29.2 Å². The first-order valence-corrected chi connectivity index (χ1v) is 12.5. The largest absolute Gasteiger partial charge is 0.312 e. The van der Waals surface area contributed by atoms with Gasteiger partial charge in [-0.3, -0.25) is 4.79 Å². The van der Waals surface area contributed by atoms with Crippen LogP contribution in [0.4, 0.5) is 5.00 Å². The molecule has 1 unspecified atom stereocenters. The van der Waals surface area contributed by atoms with Crippen molar-refractivity contribution < 1.29 is 13.2 Å². The molecule has 1 aliphatic carbocycles. The Morgan fingerprint density at radius 3 is 2.67 bits per heavy atom. The molecule has 1 heterocycles. The van der Waals surface area contributed by atoms with Gasteiger partial charge in [-0.2, -0.15) is 5.26 Å². The molecule has 1 aromatic carbocycles. The van der Waals surface area contributed by atoms with E-state index >= 15 is 0 Å². The highest BCUT2D eigenvalue weighted by Gasteiger charge is 2.25. The second-order valence-corrected chi connectivity index (χ2v) is 11.0. The number of hydrogen-bond donors (Lipinski definition) is 1. The highest BCUT2D eigenvalue weighted by atomic mass is 32.2. The highest BCUT2D eigenvalue weighted by Crippen LogP contribution is 2.39. The molecule has 0 aliphatic heterocycles. The van der Waals surface area contributed by atoms with Crippen molar-refractivity contribution >= 4 is 32.3 Å². The fourth-order valence-electron chi connectivity index (χ4n) is 3.59. The SMILES string of the molecule is CCCCN(C)S(=O)(=O)c1ccc(C(=O)Nc2sc3c(c2C#N)CCC(C)C3)cc1. The summed E-state index contributed by atoms with van der Waals surface area (Å²) in [7, 11) is -2.01. The van der Waals surface area contributed by atoms with Crippen LogP contribution in [0.2, 0.25) is 0 Å². The van der Waals surface area contributed by atoms with Crippen LogP contribution in [0.1, 0.15) is 59.5 Å². The zero-order valence-electron chi connectivity index (χ0n) is 17.6. The van der Waals surface area contributed by atoms with Gasteiger partial charge in [-0.05, 0) is 61.4 Å². The van der Waals surface area contributed by atoms with Crippen LogP contribution in [0.3, 0.4) is 0 Å². The molecule has 0 radical (unpaired) electrons. The van der Waals surface area contributed by atoms with Crippen molar-refractivity contribution in [2.45, 2.75) is 50.8 Å². The van der Waals surface area contributed by atoms with E-state index in [9.17, 15) is 18.5 Å². The van der Waals surface area contributed by atoms with E-state index in [1.165, 1.54) is 44.8 Å². The van der Waals surface area contributed by atoms with E-state index < -0.39 is 10.0 Å². The topological polar surface area (TPSA) is 90.3 Å². The lowest BCUT2D eigenvalue weighted by Crippen LogP contribution is -2.28. The third-order valence-corrected chi connectivity index (χ3v) is 8.54. The molecule has 1 amide bonds. The van der Waals surface area contributed by atoms with Gasteiger partial charge in [0.1, 0.15) is 11.1 Å². The van der Waals surface area contributed by atoms with Gasteiger partial charge in [0.05, 0.1) is 10.5 Å². The van der Waals surface area contributed by atoms with E-state index in [2.05, 4.69) is 18.3 Å². The number of thiophene rings is 1. The predicted molar refractivity (Wildman–Crippen MR) is 119 cm³/mol. The second-order valence-electron chi connectivity index (χ2n) is 7.83. The van der Waals surface area contributed by atoms with E-state index in [1.807, 2.05) is 6.92 Å². The van der Waals surface area contributed by atoms with Gasteiger partial charge in [0.2, 0.25) is 10.0 Å². The van der Waals surface area contributed by atoms with Crippen LogP contribution in [-0.2, 0) is 22.9 Å². The van der Waals surface area contributed by atoms with Crippen LogP contribution in [0.5, 0.6) is 0 Å². The zero-order valence-corrected chi connectivity index (χ0v) is 19.2. The van der Waals surface area contributed by atoms with Crippen LogP contribution in [0.25, 0.3) is 0 Å². The number of benzene rings is 1. The molecule has 30 heavy (non-hydrogen) atoms. The summed E-state index contributed by atoms with van der Waals surface area (Å²) in [6, 6.07) is 8.18. The molecule has 0 saturated carbocycles. The quantitative estimate of drug-likeness (QED) is 0.683. The lowest BCUT2D eigenvalue weighted by Gasteiger charge is -2.17. The average molecular weight is 446 g/mol. The first-order valence-electron chi connectivity index (χ1n) is 10.2. The van der Waals surface area contributed by atoms with Gasteiger partial charge >= 0.3 is 0 Å². The molecule has 1 atom stereocenters. The van der Waals surface area contributed by atoms with Crippen molar-refractivity contribution in [1.82, 2.24) is 4.31 Å². The van der Waals surface area contributed by atoms with Crippen LogP contribution in [0, 0.1) is 17.2 Å². The normalized spacial score (nSPS) is 16.2. The third-order valence-electron chi connectivity index (χ3n) is 5.50. The van der Waals surface area contributed by atoms with Crippen molar-refractivity contribution in [3.05, 3.63) is 45.8 Å². The Hall–Kier alpha value is -2.21. The zero-order chi connectivity index (χ0) is 21.9. The summed E-state index contributed by atoms with van der Waals surface area (Å²) in [4.78, 5) is 14.1. The number of nitrogens with zero attached hydrogens (tertiary/aromatic N) is 2. The minimum Gasteiger partial charge on any atom is -0.312 e. The number of unbranched alkanes of at least 4 members (excludes halogenated alkanes) is 1. The first-order chi connectivity index (χ1) is 14.3. The minimum absolute atomic E-state index is 0.163. The number of fused-ring (bicyclic) bond motifs is 1. The first kappa shape index (κ1) is 22.5. The van der Waals surface area contributed by atoms with Crippen molar-refractivity contribution in [1.29, 1.82) is 5.26 Å². The number of carbonyl (C=O) groups is 1. The molecule has 1 aromatic heterocycles. The summed E-state index contributed by atoms with van der Waals surface area (Å²) in [6.07, 6.45) is 4.55. The molecule has 0 saturated heterocycles. The molecule has 0 bridgehead atoms. The molecular weight excluding hydrogens is 418 g/mol. The molecule has 2 aromatic rings. The number of carbonyl (C=O) groups excluding carboxylic acids is 1. The number of nitriles is 1. The summed E-state index contributed by atoms with van der Waals surface area (Å²) in [6.45, 7) is 4.66. The lowest BCUT2D eigenvalue weighted by molar-refractivity contribution is 0.102. The number of sulfonamides is 1. The summed E-state index contributed by atoms with van der Waals surface area (Å²) in [5, 5.41) is 13.0. The molecule has 0 spiro atoms. The van der Waals surface area contributed by atoms with E-state index in [-0.39, 0.29) is 10.8 Å². The number of anilines is 1. The van der Waals surface area contributed by atoms with Crippen molar-refractivity contribution in [3.63, 3.8) is 0 Å². The molecule has 8 heteroatoms. The van der Waals surface area contributed by atoms with E-state index in [0.29, 0.717) is 28.6 Å². The third kappa shape index (κ3) is 4.59. The lowest BCUT2D eigenvalue weighted by atomic mass is 9.88. The maximum absolute atomic E-state index is 12.7. The molecule has 3 rings (SSSR count).